The van der Waals surface area contributed by atoms with Gasteiger partial charge in [0.2, 0.25) is 0 Å². The third-order valence-electron chi connectivity index (χ3n) is 4.14. The van der Waals surface area contributed by atoms with E-state index in [2.05, 4.69) is 0 Å². The first-order valence-electron chi connectivity index (χ1n) is 6.58. The summed E-state index contributed by atoms with van der Waals surface area (Å²) in [6.07, 6.45) is 2.15. The molecule has 0 radical (unpaired) electrons. The minimum Gasteiger partial charge on any atom is -0.206 e. The molecule has 2 aromatic rings. The van der Waals surface area contributed by atoms with Gasteiger partial charge in [0.15, 0.2) is 11.6 Å². The normalized spacial score (nSPS) is 18.7. The number of hydrogen-bond acceptors (Lipinski definition) is 0. The van der Waals surface area contributed by atoms with Gasteiger partial charge < -0.3 is 0 Å². The van der Waals surface area contributed by atoms with E-state index in [4.69, 9.17) is 0 Å². The van der Waals surface area contributed by atoms with Crippen LogP contribution in [0.25, 0.3) is 10.8 Å². The van der Waals surface area contributed by atoms with E-state index in [9.17, 15) is 13.2 Å². The lowest BCUT2D eigenvalue weighted by atomic mass is 9.81. The number of benzene rings is 2. The van der Waals surface area contributed by atoms with Crippen molar-refractivity contribution in [1.82, 2.24) is 0 Å². The quantitative estimate of drug-likeness (QED) is 0.647. The van der Waals surface area contributed by atoms with Gasteiger partial charge in [-0.25, -0.2) is 13.2 Å². The Morgan fingerprint density at radius 3 is 2.47 bits per heavy atom. The molecule has 0 N–H and O–H groups in total. The molecule has 0 nitrogen and oxygen atoms in total. The minimum absolute atomic E-state index is 0.189. The first kappa shape index (κ1) is 12.5. The predicted molar refractivity (Wildman–Crippen MR) is 69.7 cm³/mol. The average molecular weight is 264 g/mol. The summed E-state index contributed by atoms with van der Waals surface area (Å²) in [4.78, 5) is 0. The van der Waals surface area contributed by atoms with Gasteiger partial charge in [-0.2, -0.15) is 0 Å². The zero-order valence-electron chi connectivity index (χ0n) is 11.0. The van der Waals surface area contributed by atoms with Crippen molar-refractivity contribution in [1.29, 1.82) is 0 Å². The summed E-state index contributed by atoms with van der Waals surface area (Å²) in [5.41, 5.74) is 1.56. The van der Waals surface area contributed by atoms with Crippen molar-refractivity contribution in [2.24, 2.45) is 5.92 Å². The summed E-state index contributed by atoms with van der Waals surface area (Å²) in [6.45, 7) is 3.59. The maximum absolute atomic E-state index is 14.2. The number of fused-ring (bicyclic) bond motifs is 3. The monoisotopic (exact) mass is 264 g/mol. The molecule has 0 amide bonds. The summed E-state index contributed by atoms with van der Waals surface area (Å²) >= 11 is 0. The Balaban J connectivity index is 2.44. The fraction of sp³-hybridized carbons (Fsp3) is 0.375. The molecule has 2 aromatic carbocycles. The van der Waals surface area contributed by atoms with Crippen molar-refractivity contribution in [3.63, 3.8) is 0 Å². The molecule has 0 fully saturated rings. The second-order valence-electron chi connectivity index (χ2n) is 5.55. The van der Waals surface area contributed by atoms with Gasteiger partial charge in [0.25, 0.3) is 0 Å². The minimum atomic E-state index is -1.04. The highest BCUT2D eigenvalue weighted by Gasteiger charge is 2.26. The summed E-state index contributed by atoms with van der Waals surface area (Å²) in [5, 5.41) is 0.342. The number of hydrogen-bond donors (Lipinski definition) is 0. The smallest absolute Gasteiger partial charge is 0.169 e. The largest absolute Gasteiger partial charge is 0.206 e. The van der Waals surface area contributed by atoms with Crippen LogP contribution in [0.3, 0.4) is 0 Å². The van der Waals surface area contributed by atoms with Gasteiger partial charge in [-0.15, -0.1) is 0 Å². The standard InChI is InChI=1S/C16H15F3/c1-8-3-5-10-11-6-4-9(2)14(17)13(11)16(19)15(18)12(10)7-8/h4,6,8H,3,5,7H2,1-2H3. The third-order valence-corrected chi connectivity index (χ3v) is 4.14. The van der Waals surface area contributed by atoms with Crippen molar-refractivity contribution in [2.75, 3.05) is 0 Å². The number of rotatable bonds is 0. The van der Waals surface area contributed by atoms with Crippen LogP contribution in [0.4, 0.5) is 13.2 Å². The highest BCUT2D eigenvalue weighted by molar-refractivity contribution is 5.89. The molecule has 1 aliphatic carbocycles. The molecule has 0 bridgehead atoms. The SMILES string of the molecule is Cc1ccc2c3c(c(F)c(F)c2c1F)CC(C)CC3. The maximum Gasteiger partial charge on any atom is 0.169 e. The van der Waals surface area contributed by atoms with Crippen LogP contribution in [0.1, 0.15) is 30.0 Å². The summed E-state index contributed by atoms with van der Waals surface area (Å²) < 4.78 is 42.4. The second kappa shape index (κ2) is 4.26. The zero-order valence-corrected chi connectivity index (χ0v) is 11.0. The lowest BCUT2D eigenvalue weighted by Gasteiger charge is -2.24. The van der Waals surface area contributed by atoms with Crippen molar-refractivity contribution < 1.29 is 13.2 Å². The Bertz CT molecular complexity index is 674. The van der Waals surface area contributed by atoms with Gasteiger partial charge in [-0.3, -0.25) is 0 Å². The fourth-order valence-electron chi connectivity index (χ4n) is 3.02. The van der Waals surface area contributed by atoms with E-state index in [1.165, 1.54) is 0 Å². The molecular weight excluding hydrogens is 249 g/mol. The lowest BCUT2D eigenvalue weighted by molar-refractivity contribution is 0.453. The molecular formula is C16H15F3. The molecule has 0 saturated heterocycles. The van der Waals surface area contributed by atoms with E-state index in [0.29, 0.717) is 35.3 Å². The summed E-state index contributed by atoms with van der Waals surface area (Å²) in [5.74, 6) is -2.20. The van der Waals surface area contributed by atoms with Crippen LogP contribution in [0.15, 0.2) is 12.1 Å². The topological polar surface area (TPSA) is 0 Å². The van der Waals surface area contributed by atoms with E-state index in [-0.39, 0.29) is 5.39 Å². The Morgan fingerprint density at radius 1 is 1.00 bits per heavy atom. The first-order chi connectivity index (χ1) is 9.00. The summed E-state index contributed by atoms with van der Waals surface area (Å²) in [6, 6.07) is 3.35. The molecule has 1 aliphatic rings. The average Bonchev–Trinajstić information content (AvgIpc) is 2.39. The molecule has 0 aromatic heterocycles. The van der Waals surface area contributed by atoms with Gasteiger partial charge >= 0.3 is 0 Å². The van der Waals surface area contributed by atoms with E-state index in [0.717, 1.165) is 12.0 Å². The van der Waals surface area contributed by atoms with Gasteiger partial charge in [0, 0.05) is 0 Å². The predicted octanol–water partition coefficient (Wildman–Crippen LogP) is 4.69. The van der Waals surface area contributed by atoms with Crippen LogP contribution in [0.2, 0.25) is 0 Å². The van der Waals surface area contributed by atoms with E-state index in [1.807, 2.05) is 6.92 Å². The van der Waals surface area contributed by atoms with Crippen LogP contribution in [0.5, 0.6) is 0 Å². The molecule has 1 atom stereocenters. The lowest BCUT2D eigenvalue weighted by Crippen LogP contribution is -2.15. The molecule has 1 unspecified atom stereocenters. The molecule has 3 rings (SSSR count). The van der Waals surface area contributed by atoms with Crippen LogP contribution >= 0.6 is 0 Å². The van der Waals surface area contributed by atoms with Crippen molar-refractivity contribution in [3.8, 4) is 0 Å². The molecule has 3 heteroatoms. The van der Waals surface area contributed by atoms with Crippen LogP contribution in [0, 0.1) is 30.3 Å². The molecule has 0 heterocycles. The Hall–Kier alpha value is -1.51. The van der Waals surface area contributed by atoms with E-state index < -0.39 is 17.5 Å². The highest BCUT2D eigenvalue weighted by Crippen LogP contribution is 2.37. The Labute approximate surface area is 110 Å². The Morgan fingerprint density at radius 2 is 1.74 bits per heavy atom. The number of halogens is 3. The second-order valence-corrected chi connectivity index (χ2v) is 5.55. The molecule has 0 saturated carbocycles. The third kappa shape index (κ3) is 1.75. The fourth-order valence-corrected chi connectivity index (χ4v) is 3.02. The van der Waals surface area contributed by atoms with Crippen LogP contribution < -0.4 is 0 Å². The van der Waals surface area contributed by atoms with Crippen LogP contribution in [-0.2, 0) is 12.8 Å². The van der Waals surface area contributed by atoms with Crippen molar-refractivity contribution in [2.45, 2.75) is 33.1 Å². The van der Waals surface area contributed by atoms with Crippen molar-refractivity contribution >= 4 is 10.8 Å². The molecule has 19 heavy (non-hydrogen) atoms. The van der Waals surface area contributed by atoms with Gasteiger partial charge in [0.1, 0.15) is 5.82 Å². The van der Waals surface area contributed by atoms with Crippen molar-refractivity contribution in [3.05, 3.63) is 46.3 Å². The zero-order chi connectivity index (χ0) is 13.7. The maximum atomic E-state index is 14.2. The van der Waals surface area contributed by atoms with E-state index >= 15 is 0 Å². The Kier molecular flexibility index (Phi) is 2.80. The molecule has 0 spiro atoms. The number of aryl methyl sites for hydroxylation is 2. The van der Waals surface area contributed by atoms with Gasteiger partial charge in [0.05, 0.1) is 5.39 Å². The first-order valence-corrected chi connectivity index (χ1v) is 6.58. The molecule has 100 valence electrons. The van der Waals surface area contributed by atoms with E-state index in [1.54, 1.807) is 19.1 Å². The highest BCUT2D eigenvalue weighted by atomic mass is 19.2. The summed E-state index contributed by atoms with van der Waals surface area (Å²) in [7, 11) is 0. The van der Waals surface area contributed by atoms with Gasteiger partial charge in [-0.1, -0.05) is 19.1 Å². The van der Waals surface area contributed by atoms with Crippen LogP contribution in [-0.4, -0.2) is 0 Å². The molecule has 0 aliphatic heterocycles. The van der Waals surface area contributed by atoms with Gasteiger partial charge in [-0.05, 0) is 54.2 Å².